The maximum Gasteiger partial charge on any atom is 0.419 e. The van der Waals surface area contributed by atoms with Gasteiger partial charge in [0.25, 0.3) is 0 Å². The predicted octanol–water partition coefficient (Wildman–Crippen LogP) is 3.22. The zero-order valence-corrected chi connectivity index (χ0v) is 11.4. The zero-order valence-electron chi connectivity index (χ0n) is 11.4. The van der Waals surface area contributed by atoms with Crippen LogP contribution in [0.1, 0.15) is 18.1 Å². The van der Waals surface area contributed by atoms with Crippen molar-refractivity contribution in [3.8, 4) is 0 Å². The number of aromatic nitrogens is 2. The van der Waals surface area contributed by atoms with Crippen LogP contribution in [0.4, 0.5) is 17.6 Å². The Hall–Kier alpha value is -1.89. The van der Waals surface area contributed by atoms with Crippen LogP contribution in [0.5, 0.6) is 0 Å². The van der Waals surface area contributed by atoms with Crippen molar-refractivity contribution in [1.82, 2.24) is 14.9 Å². The van der Waals surface area contributed by atoms with Gasteiger partial charge in [0.15, 0.2) is 0 Å². The third-order valence-corrected chi connectivity index (χ3v) is 3.03. The highest BCUT2D eigenvalue weighted by molar-refractivity contribution is 5.27. The second kappa shape index (κ2) is 6.26. The van der Waals surface area contributed by atoms with Crippen molar-refractivity contribution in [2.75, 3.05) is 0 Å². The van der Waals surface area contributed by atoms with Gasteiger partial charge in [-0.05, 0) is 24.6 Å². The molecular weight excluding hydrogens is 286 g/mol. The Bertz CT molecular complexity index is 578. The molecule has 0 aliphatic heterocycles. The number of benzene rings is 1. The summed E-state index contributed by atoms with van der Waals surface area (Å²) in [6, 6.07) is 3.08. The van der Waals surface area contributed by atoms with Crippen LogP contribution in [0.15, 0.2) is 36.9 Å². The molecule has 1 aromatic carbocycles. The van der Waals surface area contributed by atoms with Crippen molar-refractivity contribution in [3.05, 3.63) is 53.9 Å². The average Bonchev–Trinajstić information content (AvgIpc) is 2.89. The molecule has 2 rings (SSSR count). The zero-order chi connectivity index (χ0) is 15.5. The van der Waals surface area contributed by atoms with Gasteiger partial charge in [-0.1, -0.05) is 6.07 Å². The number of nitrogens with one attached hydrogen (secondary N) is 1. The van der Waals surface area contributed by atoms with E-state index in [1.807, 2.05) is 11.5 Å². The van der Waals surface area contributed by atoms with Gasteiger partial charge < -0.3 is 9.88 Å². The third kappa shape index (κ3) is 4.29. The first kappa shape index (κ1) is 15.5. The molecule has 0 bridgehead atoms. The normalized spacial score (nSPS) is 13.4. The van der Waals surface area contributed by atoms with Gasteiger partial charge >= 0.3 is 6.18 Å². The highest BCUT2D eigenvalue weighted by Gasteiger charge is 2.34. The van der Waals surface area contributed by atoms with E-state index >= 15 is 0 Å². The van der Waals surface area contributed by atoms with Gasteiger partial charge in [-0.15, -0.1) is 0 Å². The third-order valence-electron chi connectivity index (χ3n) is 3.03. The fraction of sp³-hybridized carbons (Fsp3) is 0.357. The summed E-state index contributed by atoms with van der Waals surface area (Å²) in [5.74, 6) is -1.25. The van der Waals surface area contributed by atoms with E-state index in [9.17, 15) is 17.6 Å². The van der Waals surface area contributed by atoms with Crippen LogP contribution < -0.4 is 5.32 Å². The molecule has 0 saturated carbocycles. The lowest BCUT2D eigenvalue weighted by Crippen LogP contribution is -2.29. The van der Waals surface area contributed by atoms with Gasteiger partial charge in [-0.2, -0.15) is 13.2 Å². The number of imidazole rings is 1. The SMILES string of the molecule is CC(Cn1ccnc1)NCc1ccc(F)c(C(F)(F)F)c1. The minimum Gasteiger partial charge on any atom is -0.336 e. The first-order valence-electron chi connectivity index (χ1n) is 6.41. The molecule has 1 unspecified atom stereocenters. The van der Waals surface area contributed by atoms with Crippen molar-refractivity contribution >= 4 is 0 Å². The fourth-order valence-corrected chi connectivity index (χ4v) is 1.97. The van der Waals surface area contributed by atoms with Crippen LogP contribution in [-0.4, -0.2) is 15.6 Å². The highest BCUT2D eigenvalue weighted by atomic mass is 19.4. The lowest BCUT2D eigenvalue weighted by Gasteiger charge is -2.15. The van der Waals surface area contributed by atoms with Crippen LogP contribution >= 0.6 is 0 Å². The molecule has 3 nitrogen and oxygen atoms in total. The first-order valence-corrected chi connectivity index (χ1v) is 6.41. The first-order chi connectivity index (χ1) is 9.86. The maximum absolute atomic E-state index is 13.2. The molecule has 0 saturated heterocycles. The largest absolute Gasteiger partial charge is 0.419 e. The molecule has 21 heavy (non-hydrogen) atoms. The lowest BCUT2D eigenvalue weighted by molar-refractivity contribution is -0.140. The fourth-order valence-electron chi connectivity index (χ4n) is 1.97. The molecule has 0 radical (unpaired) electrons. The van der Waals surface area contributed by atoms with E-state index in [4.69, 9.17) is 0 Å². The van der Waals surface area contributed by atoms with Crippen LogP contribution in [0.3, 0.4) is 0 Å². The van der Waals surface area contributed by atoms with Crippen molar-refractivity contribution in [3.63, 3.8) is 0 Å². The molecular formula is C14H15F4N3. The summed E-state index contributed by atoms with van der Waals surface area (Å²) in [5.41, 5.74) is -0.842. The summed E-state index contributed by atoms with van der Waals surface area (Å²) in [5, 5.41) is 3.10. The predicted molar refractivity (Wildman–Crippen MR) is 69.9 cm³/mol. The Morgan fingerprint density at radius 3 is 2.71 bits per heavy atom. The summed E-state index contributed by atoms with van der Waals surface area (Å²) in [4.78, 5) is 3.91. The van der Waals surface area contributed by atoms with Gasteiger partial charge in [0, 0.05) is 31.5 Å². The molecule has 1 atom stereocenters. The van der Waals surface area contributed by atoms with Gasteiger partial charge in [0.1, 0.15) is 5.82 Å². The van der Waals surface area contributed by atoms with Gasteiger partial charge in [-0.3, -0.25) is 0 Å². The van der Waals surface area contributed by atoms with Crippen molar-refractivity contribution in [1.29, 1.82) is 0 Å². The summed E-state index contributed by atoms with van der Waals surface area (Å²) < 4.78 is 52.9. The minimum absolute atomic E-state index is 0.0404. The van der Waals surface area contributed by atoms with Crippen LogP contribution in [0, 0.1) is 5.82 Å². The molecule has 0 amide bonds. The van der Waals surface area contributed by atoms with Crippen LogP contribution in [-0.2, 0) is 19.3 Å². The van der Waals surface area contributed by atoms with E-state index in [2.05, 4.69) is 10.3 Å². The highest BCUT2D eigenvalue weighted by Crippen LogP contribution is 2.31. The summed E-state index contributed by atoms with van der Waals surface area (Å²) in [6.45, 7) is 2.79. The minimum atomic E-state index is -4.68. The summed E-state index contributed by atoms with van der Waals surface area (Å²) in [6.07, 6.45) is 0.445. The van der Waals surface area contributed by atoms with Crippen molar-refractivity contribution < 1.29 is 17.6 Å². The molecule has 1 N–H and O–H groups in total. The van der Waals surface area contributed by atoms with Gasteiger partial charge in [0.2, 0.25) is 0 Å². The van der Waals surface area contributed by atoms with Crippen molar-refractivity contribution in [2.24, 2.45) is 0 Å². The molecule has 7 heteroatoms. The lowest BCUT2D eigenvalue weighted by atomic mass is 10.1. The Morgan fingerprint density at radius 2 is 2.10 bits per heavy atom. The number of alkyl halides is 3. The topological polar surface area (TPSA) is 29.9 Å². The maximum atomic E-state index is 13.2. The van der Waals surface area contributed by atoms with E-state index in [0.717, 1.165) is 12.1 Å². The second-order valence-electron chi connectivity index (χ2n) is 4.85. The number of hydrogen-bond acceptors (Lipinski definition) is 2. The Kier molecular flexibility index (Phi) is 4.62. The number of hydrogen-bond donors (Lipinski definition) is 1. The molecule has 0 spiro atoms. The second-order valence-corrected chi connectivity index (χ2v) is 4.85. The molecule has 2 aromatic rings. The quantitative estimate of drug-likeness (QED) is 0.859. The molecule has 0 aliphatic rings. The Labute approximate surface area is 119 Å². The molecule has 1 aromatic heterocycles. The molecule has 114 valence electrons. The average molecular weight is 301 g/mol. The summed E-state index contributed by atoms with van der Waals surface area (Å²) >= 11 is 0. The number of nitrogens with zero attached hydrogens (tertiary/aromatic N) is 2. The summed E-state index contributed by atoms with van der Waals surface area (Å²) in [7, 11) is 0. The number of halogens is 4. The molecule has 0 fully saturated rings. The Balaban J connectivity index is 1.97. The number of rotatable bonds is 5. The monoisotopic (exact) mass is 301 g/mol. The van der Waals surface area contributed by atoms with Gasteiger partial charge in [-0.25, -0.2) is 9.37 Å². The van der Waals surface area contributed by atoms with E-state index in [1.54, 1.807) is 18.7 Å². The molecule has 1 heterocycles. The van der Waals surface area contributed by atoms with Gasteiger partial charge in [0.05, 0.1) is 11.9 Å². The van der Waals surface area contributed by atoms with Crippen LogP contribution in [0.2, 0.25) is 0 Å². The van der Waals surface area contributed by atoms with E-state index in [1.165, 1.54) is 6.07 Å². The van der Waals surface area contributed by atoms with Crippen LogP contribution in [0.25, 0.3) is 0 Å². The standard InChI is InChI=1S/C14H15F4N3/c1-10(8-21-5-4-19-9-21)20-7-11-2-3-13(15)12(6-11)14(16,17)18/h2-6,9-10,20H,7-8H2,1H3. The Morgan fingerprint density at radius 1 is 1.33 bits per heavy atom. The van der Waals surface area contributed by atoms with E-state index in [-0.39, 0.29) is 12.6 Å². The van der Waals surface area contributed by atoms with E-state index < -0.39 is 17.6 Å². The van der Waals surface area contributed by atoms with Crippen molar-refractivity contribution in [2.45, 2.75) is 32.2 Å². The molecule has 0 aliphatic carbocycles. The smallest absolute Gasteiger partial charge is 0.336 e. The van der Waals surface area contributed by atoms with E-state index in [0.29, 0.717) is 12.1 Å².